The molecule has 1 N–H and O–H groups in total. The van der Waals surface area contributed by atoms with Crippen molar-refractivity contribution in [3.8, 4) is 0 Å². The first-order valence-electron chi connectivity index (χ1n) is 8.34. The molecule has 3 rings (SSSR count). The minimum absolute atomic E-state index is 0.00942. The molecule has 2 heterocycles. The van der Waals surface area contributed by atoms with E-state index in [0.29, 0.717) is 17.9 Å². The Labute approximate surface area is 158 Å². The van der Waals surface area contributed by atoms with Gasteiger partial charge in [0.2, 0.25) is 10.0 Å². The van der Waals surface area contributed by atoms with E-state index in [4.69, 9.17) is 0 Å². The maximum atomic E-state index is 12.8. The Morgan fingerprint density at radius 3 is 2.30 bits per heavy atom. The fourth-order valence-electron chi connectivity index (χ4n) is 2.75. The van der Waals surface area contributed by atoms with Crippen LogP contribution in [-0.4, -0.2) is 37.7 Å². The number of fused-ring (bicyclic) bond motifs is 1. The number of sulfonamides is 1. The second kappa shape index (κ2) is 7.37. The third kappa shape index (κ3) is 4.18. The predicted molar refractivity (Wildman–Crippen MR) is 101 cm³/mol. The zero-order chi connectivity index (χ0) is 19.7. The highest BCUT2D eigenvalue weighted by Crippen LogP contribution is 2.22. The Hall–Kier alpha value is -2.30. The first-order valence-corrected chi connectivity index (χ1v) is 11.7. The summed E-state index contributed by atoms with van der Waals surface area (Å²) in [6, 6.07) is 10.0. The number of hydrogen-bond acceptors (Lipinski definition) is 6. The van der Waals surface area contributed by atoms with Crippen molar-refractivity contribution in [1.82, 2.24) is 19.3 Å². The molecule has 2 aromatic heterocycles. The first kappa shape index (κ1) is 19.5. The van der Waals surface area contributed by atoms with E-state index in [1.807, 2.05) is 19.1 Å². The molecule has 1 aromatic carbocycles. The molecule has 0 aliphatic carbocycles. The van der Waals surface area contributed by atoms with E-state index in [1.54, 1.807) is 16.7 Å². The first-order chi connectivity index (χ1) is 12.7. The lowest BCUT2D eigenvalue weighted by atomic mass is 10.2. The molecule has 0 spiro atoms. The van der Waals surface area contributed by atoms with Crippen LogP contribution in [0.5, 0.6) is 0 Å². The molecule has 0 saturated heterocycles. The SMILES string of the molecule is CCC[C@@H](NS(=O)(=O)c1ccc(S(C)(=O)=O)cc1)c1nnc2ccccn12. The summed E-state index contributed by atoms with van der Waals surface area (Å²) in [6.07, 6.45) is 4.13. The summed E-state index contributed by atoms with van der Waals surface area (Å²) >= 11 is 0. The average molecular weight is 409 g/mol. The molecule has 144 valence electrons. The molecule has 0 aliphatic heterocycles. The minimum Gasteiger partial charge on any atom is -0.285 e. The van der Waals surface area contributed by atoms with E-state index < -0.39 is 25.9 Å². The molecule has 0 radical (unpaired) electrons. The Bertz CT molecular complexity index is 1150. The van der Waals surface area contributed by atoms with E-state index in [0.717, 1.165) is 12.7 Å². The number of nitrogens with one attached hydrogen (secondary N) is 1. The third-order valence-corrected chi connectivity index (χ3v) is 6.70. The van der Waals surface area contributed by atoms with Crippen LogP contribution in [0, 0.1) is 0 Å². The molecule has 8 nitrogen and oxygen atoms in total. The monoisotopic (exact) mass is 408 g/mol. The molecule has 10 heteroatoms. The summed E-state index contributed by atoms with van der Waals surface area (Å²) in [5.41, 5.74) is 0.630. The molecule has 27 heavy (non-hydrogen) atoms. The Balaban J connectivity index is 1.94. The molecule has 0 saturated carbocycles. The van der Waals surface area contributed by atoms with Gasteiger partial charge in [0.25, 0.3) is 0 Å². The number of nitrogens with zero attached hydrogens (tertiary/aromatic N) is 3. The maximum absolute atomic E-state index is 12.8. The standard InChI is InChI=1S/C17H20N4O4S2/c1-3-6-15(17-19-18-16-7-4-5-12-21(16)17)20-27(24,25)14-10-8-13(9-11-14)26(2,22)23/h4-5,7-12,15,20H,3,6H2,1-2H3/t15-/m1/s1. The zero-order valence-corrected chi connectivity index (χ0v) is 16.5. The molecular formula is C17H20N4O4S2. The number of pyridine rings is 1. The van der Waals surface area contributed by atoms with Crippen molar-refractivity contribution in [2.75, 3.05) is 6.26 Å². The molecule has 0 bridgehead atoms. The van der Waals surface area contributed by atoms with Crippen LogP contribution in [0.4, 0.5) is 0 Å². The lowest BCUT2D eigenvalue weighted by Crippen LogP contribution is -2.30. The second-order valence-electron chi connectivity index (χ2n) is 6.19. The summed E-state index contributed by atoms with van der Waals surface area (Å²) in [5, 5.41) is 8.22. The number of sulfone groups is 1. The van der Waals surface area contributed by atoms with Crippen molar-refractivity contribution in [2.45, 2.75) is 35.6 Å². The zero-order valence-electron chi connectivity index (χ0n) is 14.9. The van der Waals surface area contributed by atoms with Crippen LogP contribution in [0.2, 0.25) is 0 Å². The molecule has 0 unspecified atom stereocenters. The number of hydrogen-bond donors (Lipinski definition) is 1. The van der Waals surface area contributed by atoms with Gasteiger partial charge in [-0.15, -0.1) is 10.2 Å². The van der Waals surface area contributed by atoms with Crippen LogP contribution < -0.4 is 4.72 Å². The Kier molecular flexibility index (Phi) is 5.31. The Morgan fingerprint density at radius 2 is 1.67 bits per heavy atom. The molecule has 1 atom stereocenters. The molecule has 0 aliphatic rings. The number of aromatic nitrogens is 3. The molecular weight excluding hydrogens is 388 g/mol. The van der Waals surface area contributed by atoms with E-state index in [9.17, 15) is 16.8 Å². The van der Waals surface area contributed by atoms with Crippen molar-refractivity contribution in [3.63, 3.8) is 0 Å². The van der Waals surface area contributed by atoms with Gasteiger partial charge in [-0.05, 0) is 42.8 Å². The van der Waals surface area contributed by atoms with Crippen LogP contribution >= 0.6 is 0 Å². The van der Waals surface area contributed by atoms with Crippen molar-refractivity contribution in [3.05, 3.63) is 54.5 Å². The molecule has 3 aromatic rings. The highest BCUT2D eigenvalue weighted by Gasteiger charge is 2.25. The van der Waals surface area contributed by atoms with Crippen LogP contribution in [0.15, 0.2) is 58.5 Å². The van der Waals surface area contributed by atoms with Gasteiger partial charge in [-0.2, -0.15) is 0 Å². The minimum atomic E-state index is -3.86. The van der Waals surface area contributed by atoms with Crippen LogP contribution in [0.3, 0.4) is 0 Å². The molecule has 0 fully saturated rings. The van der Waals surface area contributed by atoms with Gasteiger partial charge in [0.15, 0.2) is 21.3 Å². The van der Waals surface area contributed by atoms with Gasteiger partial charge in [0.1, 0.15) is 0 Å². The van der Waals surface area contributed by atoms with E-state index in [1.165, 1.54) is 24.3 Å². The van der Waals surface area contributed by atoms with E-state index >= 15 is 0 Å². The average Bonchev–Trinajstić information content (AvgIpc) is 3.05. The highest BCUT2D eigenvalue weighted by molar-refractivity contribution is 7.90. The van der Waals surface area contributed by atoms with Crippen molar-refractivity contribution >= 4 is 25.5 Å². The maximum Gasteiger partial charge on any atom is 0.241 e. The van der Waals surface area contributed by atoms with Gasteiger partial charge < -0.3 is 0 Å². The topological polar surface area (TPSA) is 110 Å². The molecule has 0 amide bonds. The van der Waals surface area contributed by atoms with Gasteiger partial charge in [-0.1, -0.05) is 19.4 Å². The summed E-state index contributed by atoms with van der Waals surface area (Å²) in [5.74, 6) is 0.504. The van der Waals surface area contributed by atoms with Crippen molar-refractivity contribution in [2.24, 2.45) is 0 Å². The quantitative estimate of drug-likeness (QED) is 0.640. The van der Waals surface area contributed by atoms with Crippen LogP contribution in [0.25, 0.3) is 5.65 Å². The number of benzene rings is 1. The lowest BCUT2D eigenvalue weighted by molar-refractivity contribution is 0.517. The predicted octanol–water partition coefficient (Wildman–Crippen LogP) is 1.95. The van der Waals surface area contributed by atoms with Gasteiger partial charge in [0.05, 0.1) is 15.8 Å². The van der Waals surface area contributed by atoms with Crippen LogP contribution in [-0.2, 0) is 19.9 Å². The summed E-state index contributed by atoms with van der Waals surface area (Å²) < 4.78 is 53.1. The highest BCUT2D eigenvalue weighted by atomic mass is 32.2. The smallest absolute Gasteiger partial charge is 0.241 e. The summed E-state index contributed by atoms with van der Waals surface area (Å²) in [6.45, 7) is 1.95. The number of rotatable bonds is 7. The van der Waals surface area contributed by atoms with Crippen molar-refractivity contribution in [1.29, 1.82) is 0 Å². The van der Waals surface area contributed by atoms with Gasteiger partial charge >= 0.3 is 0 Å². The van der Waals surface area contributed by atoms with E-state index in [-0.39, 0.29) is 9.79 Å². The van der Waals surface area contributed by atoms with Crippen LogP contribution in [0.1, 0.15) is 31.6 Å². The van der Waals surface area contributed by atoms with E-state index in [2.05, 4.69) is 14.9 Å². The fraction of sp³-hybridized carbons (Fsp3) is 0.294. The lowest BCUT2D eigenvalue weighted by Gasteiger charge is -2.17. The largest absolute Gasteiger partial charge is 0.285 e. The van der Waals surface area contributed by atoms with Gasteiger partial charge in [-0.25, -0.2) is 21.6 Å². The normalized spacial score (nSPS) is 13.7. The fourth-order valence-corrected chi connectivity index (χ4v) is 4.61. The van der Waals surface area contributed by atoms with Gasteiger partial charge in [-0.3, -0.25) is 4.40 Å². The van der Waals surface area contributed by atoms with Gasteiger partial charge in [0, 0.05) is 12.5 Å². The summed E-state index contributed by atoms with van der Waals surface area (Å²) in [4.78, 5) is 0.0554. The Morgan fingerprint density at radius 1 is 1.00 bits per heavy atom. The van der Waals surface area contributed by atoms with Crippen molar-refractivity contribution < 1.29 is 16.8 Å². The third-order valence-electron chi connectivity index (χ3n) is 4.09. The second-order valence-corrected chi connectivity index (χ2v) is 9.92. The summed E-state index contributed by atoms with van der Waals surface area (Å²) in [7, 11) is -7.26.